The molecular weight excluding hydrogens is 561 g/mol. The van der Waals surface area contributed by atoms with Gasteiger partial charge in [-0.2, -0.15) is 0 Å². The van der Waals surface area contributed by atoms with E-state index < -0.39 is 11.2 Å². The second-order valence-corrected chi connectivity index (χ2v) is 10.2. The number of thioether (sulfide) groups is 1. The van der Waals surface area contributed by atoms with Crippen molar-refractivity contribution in [2.24, 2.45) is 4.99 Å². The molecule has 1 unspecified atom stereocenters. The summed E-state index contributed by atoms with van der Waals surface area (Å²) in [5.41, 5.74) is 2.22. The molecule has 1 saturated heterocycles. The SMILES string of the molecule is CCOC(=O)c1ccc(N=C2SC(C(=O)Nc3ccc(Br)cc3)CC(=O)N2Cc2ccc(F)cc2)cc1. The Labute approximate surface area is 226 Å². The predicted octanol–water partition coefficient (Wildman–Crippen LogP) is 5.93. The first-order valence-corrected chi connectivity index (χ1v) is 13.1. The van der Waals surface area contributed by atoms with E-state index in [0.717, 1.165) is 10.0 Å². The molecule has 0 radical (unpaired) electrons. The van der Waals surface area contributed by atoms with E-state index in [-0.39, 0.29) is 37.2 Å². The summed E-state index contributed by atoms with van der Waals surface area (Å²) >= 11 is 4.54. The van der Waals surface area contributed by atoms with Crippen molar-refractivity contribution >= 4 is 62.0 Å². The zero-order valence-corrected chi connectivity index (χ0v) is 22.2. The molecular formula is C27H23BrFN3O4S. The number of carbonyl (C=O) groups is 3. The lowest BCUT2D eigenvalue weighted by atomic mass is 10.2. The number of hydrogen-bond donors (Lipinski definition) is 1. The Bertz CT molecular complexity index is 1310. The van der Waals surface area contributed by atoms with E-state index in [0.29, 0.717) is 22.1 Å². The lowest BCUT2D eigenvalue weighted by Gasteiger charge is -2.32. The Morgan fingerprint density at radius 2 is 1.76 bits per heavy atom. The molecule has 2 amide bonds. The number of ether oxygens (including phenoxy) is 1. The number of amides is 2. The first-order chi connectivity index (χ1) is 17.8. The zero-order chi connectivity index (χ0) is 26.4. The highest BCUT2D eigenvalue weighted by molar-refractivity contribution is 9.10. The van der Waals surface area contributed by atoms with Crippen LogP contribution in [0.1, 0.15) is 29.3 Å². The maximum atomic E-state index is 13.4. The number of hydrogen-bond acceptors (Lipinski definition) is 6. The molecule has 37 heavy (non-hydrogen) atoms. The molecule has 0 bridgehead atoms. The second-order valence-electron chi connectivity index (χ2n) is 8.07. The van der Waals surface area contributed by atoms with Crippen molar-refractivity contribution < 1.29 is 23.5 Å². The molecule has 190 valence electrons. The molecule has 0 saturated carbocycles. The van der Waals surface area contributed by atoms with Gasteiger partial charge < -0.3 is 10.1 Å². The van der Waals surface area contributed by atoms with Gasteiger partial charge in [0, 0.05) is 16.6 Å². The summed E-state index contributed by atoms with van der Waals surface area (Å²) in [6.45, 7) is 2.17. The lowest BCUT2D eigenvalue weighted by Crippen LogP contribution is -2.44. The molecule has 0 aliphatic carbocycles. The van der Waals surface area contributed by atoms with Gasteiger partial charge in [-0.05, 0) is 73.2 Å². The van der Waals surface area contributed by atoms with Crippen LogP contribution in [0.2, 0.25) is 0 Å². The number of halogens is 2. The average Bonchev–Trinajstić information content (AvgIpc) is 2.89. The normalized spacial score (nSPS) is 16.5. The first-order valence-electron chi connectivity index (χ1n) is 11.5. The molecule has 10 heteroatoms. The molecule has 4 rings (SSSR count). The van der Waals surface area contributed by atoms with Crippen LogP contribution in [0.3, 0.4) is 0 Å². The Balaban J connectivity index is 1.59. The van der Waals surface area contributed by atoms with Crippen LogP contribution in [0.25, 0.3) is 0 Å². The lowest BCUT2D eigenvalue weighted by molar-refractivity contribution is -0.129. The van der Waals surface area contributed by atoms with Crippen molar-refractivity contribution in [3.05, 3.63) is 94.2 Å². The Hall–Kier alpha value is -3.50. The quantitative estimate of drug-likeness (QED) is 0.348. The van der Waals surface area contributed by atoms with Crippen LogP contribution in [-0.4, -0.2) is 39.7 Å². The van der Waals surface area contributed by atoms with E-state index in [4.69, 9.17) is 4.74 Å². The minimum Gasteiger partial charge on any atom is -0.462 e. The molecule has 1 N–H and O–H groups in total. The summed E-state index contributed by atoms with van der Waals surface area (Å²) in [6.07, 6.45) is -0.0188. The maximum absolute atomic E-state index is 13.4. The number of aliphatic imine (C=N–C) groups is 1. The molecule has 1 fully saturated rings. The van der Waals surface area contributed by atoms with Crippen LogP contribution < -0.4 is 5.32 Å². The minimum atomic E-state index is -0.696. The van der Waals surface area contributed by atoms with E-state index in [1.54, 1.807) is 55.5 Å². The minimum absolute atomic E-state index is 0.0188. The largest absolute Gasteiger partial charge is 0.462 e. The number of esters is 1. The molecule has 1 aliphatic rings. The van der Waals surface area contributed by atoms with Crippen molar-refractivity contribution in [1.82, 2.24) is 4.90 Å². The topological polar surface area (TPSA) is 88.1 Å². The van der Waals surface area contributed by atoms with Gasteiger partial charge in [-0.1, -0.05) is 39.8 Å². The zero-order valence-electron chi connectivity index (χ0n) is 19.8. The van der Waals surface area contributed by atoms with Crippen LogP contribution in [-0.2, 0) is 20.9 Å². The summed E-state index contributed by atoms with van der Waals surface area (Å²) in [5.74, 6) is -1.40. The first kappa shape index (κ1) is 26.6. The predicted molar refractivity (Wildman–Crippen MR) is 145 cm³/mol. The molecule has 0 aromatic heterocycles. The van der Waals surface area contributed by atoms with E-state index in [2.05, 4.69) is 26.2 Å². The van der Waals surface area contributed by atoms with Crippen LogP contribution in [0.4, 0.5) is 15.8 Å². The summed E-state index contributed by atoms with van der Waals surface area (Å²) in [7, 11) is 0. The van der Waals surface area contributed by atoms with Crippen LogP contribution in [0.15, 0.2) is 82.3 Å². The van der Waals surface area contributed by atoms with Crippen molar-refractivity contribution in [2.75, 3.05) is 11.9 Å². The number of rotatable bonds is 7. The van der Waals surface area contributed by atoms with E-state index >= 15 is 0 Å². The summed E-state index contributed by atoms with van der Waals surface area (Å²) in [4.78, 5) is 44.3. The highest BCUT2D eigenvalue weighted by atomic mass is 79.9. The van der Waals surface area contributed by atoms with Crippen molar-refractivity contribution in [1.29, 1.82) is 0 Å². The van der Waals surface area contributed by atoms with E-state index in [1.807, 2.05) is 12.1 Å². The van der Waals surface area contributed by atoms with Crippen molar-refractivity contribution in [2.45, 2.75) is 25.1 Å². The maximum Gasteiger partial charge on any atom is 0.338 e. The second kappa shape index (κ2) is 12.2. The standard InChI is InChI=1S/C27H23BrFN3O4S/c1-2-36-26(35)18-5-11-22(12-6-18)31-27-32(16-17-3-9-20(29)10-4-17)24(33)15-23(37-27)25(34)30-21-13-7-19(28)8-14-21/h3-14,23H,2,15-16H2,1H3,(H,30,34). The van der Waals surface area contributed by atoms with Gasteiger partial charge in [0.1, 0.15) is 11.1 Å². The number of nitrogens with one attached hydrogen (secondary N) is 1. The van der Waals surface area contributed by atoms with Crippen LogP contribution in [0.5, 0.6) is 0 Å². The Kier molecular flexibility index (Phi) is 8.73. The molecule has 7 nitrogen and oxygen atoms in total. The van der Waals surface area contributed by atoms with Crippen molar-refractivity contribution in [3.63, 3.8) is 0 Å². The van der Waals surface area contributed by atoms with Gasteiger partial charge in [-0.3, -0.25) is 14.5 Å². The molecule has 1 atom stereocenters. The smallest absolute Gasteiger partial charge is 0.338 e. The third kappa shape index (κ3) is 7.05. The molecule has 1 aliphatic heterocycles. The third-order valence-electron chi connectivity index (χ3n) is 5.40. The van der Waals surface area contributed by atoms with Gasteiger partial charge in [0.05, 0.1) is 24.4 Å². The van der Waals surface area contributed by atoms with Gasteiger partial charge >= 0.3 is 5.97 Å². The van der Waals surface area contributed by atoms with E-state index in [9.17, 15) is 18.8 Å². The Morgan fingerprint density at radius 1 is 1.08 bits per heavy atom. The summed E-state index contributed by atoms with van der Waals surface area (Å²) < 4.78 is 19.3. The van der Waals surface area contributed by atoms with Gasteiger partial charge in [0.25, 0.3) is 0 Å². The highest BCUT2D eigenvalue weighted by Crippen LogP contribution is 2.31. The molecule has 1 heterocycles. The molecule has 0 spiro atoms. The van der Waals surface area contributed by atoms with Gasteiger partial charge in [0.15, 0.2) is 5.17 Å². The monoisotopic (exact) mass is 583 g/mol. The number of carbonyl (C=O) groups excluding carboxylic acids is 3. The number of amidine groups is 1. The fourth-order valence-corrected chi connectivity index (χ4v) is 4.88. The van der Waals surface area contributed by atoms with Gasteiger partial charge in [-0.15, -0.1) is 0 Å². The van der Waals surface area contributed by atoms with Crippen LogP contribution >= 0.6 is 27.7 Å². The van der Waals surface area contributed by atoms with Crippen molar-refractivity contribution in [3.8, 4) is 0 Å². The Morgan fingerprint density at radius 3 is 2.41 bits per heavy atom. The number of nitrogens with zero attached hydrogens (tertiary/aromatic N) is 2. The summed E-state index contributed by atoms with van der Waals surface area (Å²) in [5, 5.41) is 2.48. The van der Waals surface area contributed by atoms with Gasteiger partial charge in [0.2, 0.25) is 11.8 Å². The molecule has 3 aromatic rings. The van der Waals surface area contributed by atoms with E-state index in [1.165, 1.54) is 28.8 Å². The summed E-state index contributed by atoms with van der Waals surface area (Å²) in [6, 6.07) is 19.5. The fraction of sp³-hybridized carbons (Fsp3) is 0.185. The third-order valence-corrected chi connectivity index (χ3v) is 7.12. The van der Waals surface area contributed by atoms with Crippen LogP contribution in [0, 0.1) is 5.82 Å². The molecule has 3 aromatic carbocycles. The average molecular weight is 584 g/mol. The number of anilines is 1. The highest BCUT2D eigenvalue weighted by Gasteiger charge is 2.36. The number of benzene rings is 3. The van der Waals surface area contributed by atoms with Gasteiger partial charge in [-0.25, -0.2) is 14.2 Å². The fourth-order valence-electron chi connectivity index (χ4n) is 3.52.